The van der Waals surface area contributed by atoms with Gasteiger partial charge in [0.2, 0.25) is 5.30 Å². The first-order valence-corrected chi connectivity index (χ1v) is 27.6. The zero-order valence-corrected chi connectivity index (χ0v) is 40.1. The summed E-state index contributed by atoms with van der Waals surface area (Å²) in [6, 6.07) is 26.7. The van der Waals surface area contributed by atoms with Crippen molar-refractivity contribution in [2.45, 2.75) is 92.3 Å². The van der Waals surface area contributed by atoms with E-state index in [9.17, 15) is 23.4 Å². The zero-order valence-electron chi connectivity index (χ0n) is 35.5. The van der Waals surface area contributed by atoms with E-state index in [0.717, 1.165) is 31.0 Å². The van der Waals surface area contributed by atoms with E-state index in [1.54, 1.807) is 55.2 Å². The molecule has 3 aromatic carbocycles. The van der Waals surface area contributed by atoms with E-state index in [4.69, 9.17) is 33.6 Å². The van der Waals surface area contributed by atoms with Crippen LogP contribution in [0.3, 0.4) is 0 Å². The Hall–Kier alpha value is -1.86. The van der Waals surface area contributed by atoms with Crippen molar-refractivity contribution in [2.24, 2.45) is 35.5 Å². The summed E-state index contributed by atoms with van der Waals surface area (Å²) in [5, 5.41) is 29.0. The first kappa shape index (κ1) is 55.2. The smallest absolute Gasteiger partial charge is 0.388 e. The van der Waals surface area contributed by atoms with Crippen molar-refractivity contribution < 1.29 is 57.0 Å². The molecule has 12 nitrogen and oxygen atoms in total. The molecule has 2 fully saturated rings. The van der Waals surface area contributed by atoms with Gasteiger partial charge in [0.15, 0.2) is 0 Å². The van der Waals surface area contributed by atoms with Crippen molar-refractivity contribution in [3.05, 3.63) is 91.0 Å². The van der Waals surface area contributed by atoms with Crippen LogP contribution in [0.1, 0.15) is 80.1 Å². The summed E-state index contributed by atoms with van der Waals surface area (Å²) >= 11 is 0. The zero-order chi connectivity index (χ0) is 44.6. The molecule has 17 heteroatoms. The molecule has 2 saturated carbocycles. The number of hydrogen-bond donors (Lipinski definition) is 5. The predicted molar refractivity (Wildman–Crippen MR) is 242 cm³/mol. The van der Waals surface area contributed by atoms with Crippen LogP contribution in [0.4, 0.5) is 0 Å². The number of hydrogen-bond acceptors (Lipinski definition) is 10. The third kappa shape index (κ3) is 20.7. The normalized spacial score (nSPS) is 23.8. The molecule has 0 heterocycles. The molecule has 11 atom stereocenters. The topological polar surface area (TPSA) is 205 Å². The molecular formula is C42H68O12P5+3. The maximum atomic E-state index is 13.1. The van der Waals surface area contributed by atoms with Crippen LogP contribution in [-0.2, 0) is 31.9 Å². The molecule has 0 radical (unpaired) electrons. The van der Waals surface area contributed by atoms with Gasteiger partial charge in [0.05, 0.1) is 12.5 Å². The minimum atomic E-state index is -3.17. The highest BCUT2D eigenvalue weighted by Gasteiger charge is 2.38. The highest BCUT2D eigenvalue weighted by Crippen LogP contribution is 2.50. The average molecular weight is 920 g/mol. The van der Waals surface area contributed by atoms with Crippen molar-refractivity contribution in [3.8, 4) is 0 Å². The summed E-state index contributed by atoms with van der Waals surface area (Å²) in [4.78, 5) is 15.6. The summed E-state index contributed by atoms with van der Waals surface area (Å²) in [5.74, 6) is 3.21. The van der Waals surface area contributed by atoms with Crippen molar-refractivity contribution in [2.75, 3.05) is 25.7 Å². The van der Waals surface area contributed by atoms with E-state index in [1.807, 2.05) is 42.5 Å². The fourth-order valence-corrected chi connectivity index (χ4v) is 10.7. The van der Waals surface area contributed by atoms with Crippen molar-refractivity contribution in [3.63, 3.8) is 0 Å². The number of aliphatic hydroxyl groups excluding tert-OH is 3. The van der Waals surface area contributed by atoms with Crippen LogP contribution >= 0.6 is 39.3 Å². The average Bonchev–Trinajstić information content (AvgIpc) is 3.22. The fourth-order valence-electron chi connectivity index (χ4n) is 7.09. The Bertz CT molecular complexity index is 1720. The van der Waals surface area contributed by atoms with Gasteiger partial charge in [-0.1, -0.05) is 121 Å². The molecule has 2 aliphatic rings. The Balaban J connectivity index is 0.000000403. The molecule has 0 bridgehead atoms. The predicted octanol–water partition coefficient (Wildman–Crippen LogP) is 9.39. The second kappa shape index (κ2) is 29.4. The van der Waals surface area contributed by atoms with Gasteiger partial charge >= 0.3 is 24.7 Å². The van der Waals surface area contributed by atoms with Gasteiger partial charge in [-0.2, -0.15) is 9.79 Å². The van der Waals surface area contributed by atoms with Crippen LogP contribution in [0.5, 0.6) is 0 Å². The lowest BCUT2D eigenvalue weighted by Crippen LogP contribution is -2.34. The van der Waals surface area contributed by atoms with Crippen LogP contribution in [0.2, 0.25) is 0 Å². The molecule has 59 heavy (non-hydrogen) atoms. The molecular weight excluding hydrogens is 851 g/mol. The number of aliphatic hydroxyl groups is 3. The van der Waals surface area contributed by atoms with Crippen LogP contribution in [0.25, 0.3) is 0 Å². The molecule has 0 aliphatic heterocycles. The highest BCUT2D eigenvalue weighted by atomic mass is 31.2. The Morgan fingerprint density at radius 3 is 1.47 bits per heavy atom. The molecule has 0 amide bonds. The van der Waals surface area contributed by atoms with Gasteiger partial charge in [0, 0.05) is 10.6 Å². The summed E-state index contributed by atoms with van der Waals surface area (Å²) in [6.45, 7) is 14.8. The Kier molecular flexibility index (Phi) is 27.5. The van der Waals surface area contributed by atoms with Gasteiger partial charge in [0.1, 0.15) is 19.6 Å². The lowest BCUT2D eigenvalue weighted by molar-refractivity contribution is 0.0471. The lowest BCUT2D eigenvalue weighted by Gasteiger charge is -2.38. The molecule has 0 aromatic heterocycles. The standard InChI is InChI=1S/C17H27O3P.C11H22O3P.C8H11O2P.C6H5O2P.HO2P/c1-13(2)16-10-9-14(3)11-17(16)20-21(19,12-18)15-7-5-4-6-8-15;1-8(2)10-5-4-9(3)6-11(10)14-15(13)7-12;1-11(10,7-9)8-5-3-2-4-6-8;7-9(8)6-4-2-1-3-5-6;1-3-2/h4-8,13-14,16-18H,9-12H2,1-3H3;8-12H,4-7H2,1-3H3;2-6,9H,7H2,1H3;1-5H;3H/q;+1;;;/p+2/t14-,16?,17-,21-;9-,10+,11-;11-;;/m111../s1. The maximum Gasteiger partial charge on any atom is 0.546 e. The minimum absolute atomic E-state index is 0.0214. The van der Waals surface area contributed by atoms with E-state index >= 15 is 0 Å². The van der Waals surface area contributed by atoms with E-state index in [2.05, 4.69) is 41.5 Å². The van der Waals surface area contributed by atoms with E-state index in [0.29, 0.717) is 46.1 Å². The second-order valence-electron chi connectivity index (χ2n) is 15.8. The Morgan fingerprint density at radius 1 is 0.695 bits per heavy atom. The molecule has 5 rings (SSSR count). The molecule has 3 aromatic rings. The summed E-state index contributed by atoms with van der Waals surface area (Å²) in [6.07, 6.45) is 5.63. The summed E-state index contributed by atoms with van der Waals surface area (Å²) in [5.41, 5.74) is 0. The van der Waals surface area contributed by atoms with Crippen LogP contribution in [-0.4, -0.2) is 63.0 Å². The van der Waals surface area contributed by atoms with E-state index < -0.39 is 45.6 Å². The van der Waals surface area contributed by atoms with Crippen LogP contribution in [0, 0.1) is 35.5 Å². The quantitative estimate of drug-likeness (QED) is 0.108. The number of rotatable bonds is 12. The molecule has 0 spiro atoms. The Labute approximate surface area is 355 Å². The first-order valence-electron chi connectivity index (χ1n) is 20.0. The van der Waals surface area contributed by atoms with Crippen molar-refractivity contribution in [1.82, 2.24) is 0 Å². The monoisotopic (exact) mass is 919 g/mol. The fraction of sp³-hybridized carbons (Fsp3) is 0.571. The van der Waals surface area contributed by atoms with Crippen molar-refractivity contribution >= 4 is 55.2 Å². The largest absolute Gasteiger partial charge is 0.546 e. The van der Waals surface area contributed by atoms with Crippen LogP contribution in [0.15, 0.2) is 91.0 Å². The van der Waals surface area contributed by atoms with Crippen LogP contribution < -0.4 is 15.9 Å². The third-order valence-electron chi connectivity index (χ3n) is 10.5. The SMILES string of the molecule is CC(C)C1CC[C@@H](C)C[C@H]1O[P@](=O)(CO)c1ccccc1.CC(C)[C@@H]1CC[C@@H](C)C[C@H]1O[P+](=O)CO.C[P@@](=O)(CO)c1ccccc1.O=[P+](O)c1ccccc1.O=[PH+]O. The molecule has 0 saturated heterocycles. The summed E-state index contributed by atoms with van der Waals surface area (Å²) in [7, 11) is -10.8. The highest BCUT2D eigenvalue weighted by molar-refractivity contribution is 7.70. The van der Waals surface area contributed by atoms with E-state index in [-0.39, 0.29) is 24.9 Å². The van der Waals surface area contributed by atoms with Gasteiger partial charge in [-0.15, -0.1) is 4.52 Å². The Morgan fingerprint density at radius 2 is 1.10 bits per heavy atom. The van der Waals surface area contributed by atoms with Crippen molar-refractivity contribution in [1.29, 1.82) is 0 Å². The van der Waals surface area contributed by atoms with Gasteiger partial charge in [-0.05, 0) is 106 Å². The molecule has 5 N–H and O–H groups in total. The van der Waals surface area contributed by atoms with E-state index in [1.165, 1.54) is 12.8 Å². The minimum Gasteiger partial charge on any atom is -0.388 e. The second-order valence-corrected chi connectivity index (χ2v) is 23.6. The maximum absolute atomic E-state index is 13.1. The third-order valence-corrected chi connectivity index (χ3v) is 16.0. The first-order chi connectivity index (χ1) is 27.9. The lowest BCUT2D eigenvalue weighted by atomic mass is 9.75. The molecule has 2 aliphatic carbocycles. The summed E-state index contributed by atoms with van der Waals surface area (Å²) < 4.78 is 66.2. The van der Waals surface area contributed by atoms with Gasteiger partial charge in [-0.3, -0.25) is 4.57 Å². The van der Waals surface area contributed by atoms with Gasteiger partial charge < -0.3 is 24.4 Å². The van der Waals surface area contributed by atoms with Gasteiger partial charge in [-0.25, -0.2) is 0 Å². The number of benzene rings is 3. The molecule has 4 unspecified atom stereocenters. The molecule has 330 valence electrons. The van der Waals surface area contributed by atoms with Gasteiger partial charge in [0.25, 0.3) is 13.7 Å².